The van der Waals surface area contributed by atoms with E-state index in [0.717, 1.165) is 15.9 Å². The molecule has 0 bridgehead atoms. The lowest BCUT2D eigenvalue weighted by molar-refractivity contribution is -0.384. The molecular weight excluding hydrogens is 685 g/mol. The number of methoxy groups -OCH3 is 2. The maximum absolute atomic E-state index is 14.1. The van der Waals surface area contributed by atoms with E-state index >= 15 is 0 Å². The summed E-state index contributed by atoms with van der Waals surface area (Å²) in [5, 5.41) is 22.0. The Hall–Kier alpha value is -3.68. The lowest BCUT2D eigenvalue weighted by atomic mass is 9.56. The van der Waals surface area contributed by atoms with E-state index < -0.39 is 62.0 Å². The highest BCUT2D eigenvalue weighted by Crippen LogP contribution is 2.66. The highest BCUT2D eigenvalue weighted by atomic mass is 79.9. The number of ether oxygens (including phenoxy) is 2. The number of anilines is 1. The molecule has 6 rings (SSSR count). The van der Waals surface area contributed by atoms with E-state index in [4.69, 9.17) is 32.7 Å². The van der Waals surface area contributed by atoms with Crippen LogP contribution in [0.4, 0.5) is 11.4 Å². The van der Waals surface area contributed by atoms with E-state index in [1.165, 1.54) is 44.6 Å². The second kappa shape index (κ2) is 10.5. The first-order valence-electron chi connectivity index (χ1n) is 13.4. The van der Waals surface area contributed by atoms with Gasteiger partial charge in [0.25, 0.3) is 17.5 Å². The lowest BCUT2D eigenvalue weighted by Crippen LogP contribution is -2.60. The number of fused-ring (bicyclic) bond motifs is 4. The van der Waals surface area contributed by atoms with Gasteiger partial charge in [0.05, 0.1) is 42.1 Å². The summed E-state index contributed by atoms with van der Waals surface area (Å²) in [7, 11) is 2.66. The minimum absolute atomic E-state index is 0.00860. The number of hydrogen-bond donors (Lipinski definition) is 1. The molecule has 2 aliphatic heterocycles. The summed E-state index contributed by atoms with van der Waals surface area (Å²) in [5.74, 6) is -6.71. The van der Waals surface area contributed by atoms with E-state index in [2.05, 4.69) is 15.9 Å². The Balaban J connectivity index is 1.53. The zero-order chi connectivity index (χ0) is 31.9. The van der Waals surface area contributed by atoms with Gasteiger partial charge in [-0.2, -0.15) is 0 Å². The molecule has 4 aliphatic rings. The quantitative estimate of drug-likeness (QED) is 0.116. The molecule has 1 N–H and O–H groups in total. The van der Waals surface area contributed by atoms with E-state index in [1.54, 1.807) is 6.08 Å². The van der Waals surface area contributed by atoms with Gasteiger partial charge in [-0.1, -0.05) is 33.6 Å². The number of nitro benzene ring substituents is 1. The van der Waals surface area contributed by atoms with Gasteiger partial charge in [0, 0.05) is 18.1 Å². The zero-order valence-electron chi connectivity index (χ0n) is 23.2. The number of amides is 4. The second-order valence-electron chi connectivity index (χ2n) is 11.0. The Morgan fingerprint density at radius 3 is 2.30 bits per heavy atom. The largest absolute Gasteiger partial charge is 0.502 e. The molecule has 2 aliphatic carbocycles. The SMILES string of the molecule is COc1cc(C2C3=CCC4C(=O)N(c5cccc([N+](=O)[O-])c5)C(=O)C4C3CC3(Cl)C(=O)N(CBr)C(=O)C23Cl)cc(OC)c1O. The molecule has 15 heteroatoms. The van der Waals surface area contributed by atoms with Crippen molar-refractivity contribution in [1.82, 2.24) is 4.90 Å². The van der Waals surface area contributed by atoms with Crippen LogP contribution in [0.1, 0.15) is 24.3 Å². The minimum Gasteiger partial charge on any atom is -0.502 e. The smallest absolute Gasteiger partial charge is 0.271 e. The van der Waals surface area contributed by atoms with Crippen molar-refractivity contribution in [2.75, 3.05) is 24.6 Å². The minimum atomic E-state index is -2.06. The maximum atomic E-state index is 14.1. The normalized spacial score (nSPS) is 31.0. The molecule has 4 amide bonds. The van der Waals surface area contributed by atoms with Crippen molar-refractivity contribution in [2.45, 2.75) is 28.5 Å². The molecule has 0 spiro atoms. The number of phenols is 1. The van der Waals surface area contributed by atoms with E-state index in [0.29, 0.717) is 11.1 Å². The van der Waals surface area contributed by atoms with Crippen LogP contribution in [0.3, 0.4) is 0 Å². The zero-order valence-corrected chi connectivity index (χ0v) is 26.3. The van der Waals surface area contributed by atoms with Crippen LogP contribution in [0, 0.1) is 27.9 Å². The number of nitrogens with zero attached hydrogens (tertiary/aromatic N) is 3. The summed E-state index contributed by atoms with van der Waals surface area (Å²) >= 11 is 17.6. The topological polar surface area (TPSA) is 157 Å². The van der Waals surface area contributed by atoms with Crippen molar-refractivity contribution in [3.63, 3.8) is 0 Å². The van der Waals surface area contributed by atoms with Crippen molar-refractivity contribution >= 4 is 74.1 Å². The number of alkyl halides is 3. The summed E-state index contributed by atoms with van der Waals surface area (Å²) < 4.78 is 10.7. The van der Waals surface area contributed by atoms with Gasteiger partial charge in [0.15, 0.2) is 21.2 Å². The molecule has 2 aromatic rings. The Bertz CT molecular complexity index is 1680. The third-order valence-electron chi connectivity index (χ3n) is 9.15. The van der Waals surface area contributed by atoms with Crippen LogP contribution in [-0.4, -0.2) is 68.0 Å². The summed E-state index contributed by atoms with van der Waals surface area (Å²) in [6.45, 7) is 0. The molecule has 6 unspecified atom stereocenters. The van der Waals surface area contributed by atoms with Crippen LogP contribution in [0.2, 0.25) is 0 Å². The molecule has 1 saturated carbocycles. The number of non-ortho nitro benzene ring substituents is 1. The highest BCUT2D eigenvalue weighted by Gasteiger charge is 2.76. The number of carbonyl (C=O) groups is 4. The van der Waals surface area contributed by atoms with Gasteiger partial charge in [-0.15, -0.1) is 23.2 Å². The van der Waals surface area contributed by atoms with E-state index in [1.807, 2.05) is 0 Å². The third-order valence-corrected chi connectivity index (χ3v) is 11.1. The maximum Gasteiger partial charge on any atom is 0.271 e. The predicted molar refractivity (Wildman–Crippen MR) is 160 cm³/mol. The summed E-state index contributed by atoms with van der Waals surface area (Å²) in [5.41, 5.74) is 0.426. The van der Waals surface area contributed by atoms with Crippen LogP contribution >= 0.6 is 39.1 Å². The first-order valence-corrected chi connectivity index (χ1v) is 15.3. The van der Waals surface area contributed by atoms with Crippen LogP contribution in [-0.2, 0) is 19.2 Å². The molecule has 2 aromatic carbocycles. The van der Waals surface area contributed by atoms with Crippen LogP contribution in [0.5, 0.6) is 17.2 Å². The Morgan fingerprint density at radius 1 is 1.05 bits per heavy atom. The molecule has 44 heavy (non-hydrogen) atoms. The number of carbonyl (C=O) groups excluding carboxylic acids is 4. The van der Waals surface area contributed by atoms with Gasteiger partial charge in [0.2, 0.25) is 17.6 Å². The fraction of sp³-hybridized carbons (Fsp3) is 0.379. The number of benzene rings is 2. The van der Waals surface area contributed by atoms with Gasteiger partial charge < -0.3 is 14.6 Å². The molecule has 2 heterocycles. The highest BCUT2D eigenvalue weighted by molar-refractivity contribution is 9.09. The fourth-order valence-electron chi connectivity index (χ4n) is 7.21. The number of nitro groups is 1. The third kappa shape index (κ3) is 3.88. The first-order chi connectivity index (χ1) is 20.8. The van der Waals surface area contributed by atoms with E-state index in [-0.39, 0.29) is 46.9 Å². The molecule has 3 fully saturated rings. The number of likely N-dealkylation sites (tertiary alicyclic amines) is 1. The Kier molecular flexibility index (Phi) is 7.21. The van der Waals surface area contributed by atoms with Crippen molar-refractivity contribution in [3.8, 4) is 17.2 Å². The van der Waals surface area contributed by atoms with Gasteiger partial charge >= 0.3 is 0 Å². The Morgan fingerprint density at radius 2 is 1.70 bits per heavy atom. The van der Waals surface area contributed by atoms with Gasteiger partial charge in [-0.05, 0) is 42.5 Å². The first kappa shape index (κ1) is 30.4. The number of imide groups is 2. The van der Waals surface area contributed by atoms with Crippen molar-refractivity contribution < 1.29 is 38.7 Å². The standard InChI is InChI=1S/C29H24BrCl2N3O9/c1-43-19-8-13(9-20(44-2)23(19)36)22-16-6-7-17-21(18(16)11-28(31)26(39)33(12-30)27(40)29(22,28)32)25(38)34(24(17)37)14-4-3-5-15(10-14)35(41)42/h3-6,8-10,17-18,21-22,36H,7,11-12H2,1-2H3. The fourth-order valence-corrected chi connectivity index (χ4v) is 8.63. The number of phenolic OH excluding ortho intramolecular Hbond substituents is 1. The van der Waals surface area contributed by atoms with Crippen LogP contribution < -0.4 is 14.4 Å². The molecule has 0 radical (unpaired) electrons. The van der Waals surface area contributed by atoms with Gasteiger partial charge in [-0.25, -0.2) is 4.90 Å². The van der Waals surface area contributed by atoms with Gasteiger partial charge in [0.1, 0.15) is 0 Å². The molecule has 6 atom stereocenters. The summed E-state index contributed by atoms with van der Waals surface area (Å²) in [6, 6.07) is 8.15. The van der Waals surface area contributed by atoms with Crippen molar-refractivity contribution in [3.05, 3.63) is 63.7 Å². The second-order valence-corrected chi connectivity index (χ2v) is 12.8. The lowest BCUT2D eigenvalue weighted by Gasteiger charge is -2.50. The number of hydrogen-bond acceptors (Lipinski definition) is 9. The number of halogens is 3. The number of aromatic hydroxyl groups is 1. The number of allylic oxidation sites excluding steroid dienone is 2. The monoisotopic (exact) mass is 707 g/mol. The Labute approximate surface area is 268 Å². The molecule has 12 nitrogen and oxygen atoms in total. The van der Waals surface area contributed by atoms with Crippen molar-refractivity contribution in [2.24, 2.45) is 17.8 Å². The van der Waals surface area contributed by atoms with Gasteiger partial charge in [-0.3, -0.25) is 34.2 Å². The molecule has 0 aromatic heterocycles. The predicted octanol–water partition coefficient (Wildman–Crippen LogP) is 4.23. The summed E-state index contributed by atoms with van der Waals surface area (Å²) in [4.78, 5) is 64.1. The van der Waals surface area contributed by atoms with E-state index in [9.17, 15) is 34.4 Å². The molecule has 2 saturated heterocycles. The average molecular weight is 709 g/mol. The number of rotatable bonds is 6. The van der Waals surface area contributed by atoms with Crippen LogP contribution in [0.25, 0.3) is 0 Å². The molecule has 230 valence electrons. The average Bonchev–Trinajstić information content (AvgIpc) is 3.34. The van der Waals surface area contributed by atoms with Crippen molar-refractivity contribution in [1.29, 1.82) is 0 Å². The van der Waals surface area contributed by atoms with Crippen LogP contribution in [0.15, 0.2) is 48.0 Å². The summed E-state index contributed by atoms with van der Waals surface area (Å²) in [6.07, 6.45) is 1.62. The molecular formula is C29H24BrCl2N3O9.